The van der Waals surface area contributed by atoms with Crippen LogP contribution in [0.5, 0.6) is 11.5 Å². The largest absolute Gasteiger partial charge is 0.454 e. The van der Waals surface area contributed by atoms with Crippen LogP contribution in [0.3, 0.4) is 0 Å². The second kappa shape index (κ2) is 7.11. The van der Waals surface area contributed by atoms with Gasteiger partial charge in [0.1, 0.15) is 0 Å². The lowest BCUT2D eigenvalue weighted by molar-refractivity contribution is 0.0930. The Morgan fingerprint density at radius 2 is 2.04 bits per heavy atom. The maximum absolute atomic E-state index is 12.6. The van der Waals surface area contributed by atoms with Crippen molar-refractivity contribution in [2.45, 2.75) is 25.9 Å². The van der Waals surface area contributed by atoms with Crippen molar-refractivity contribution in [3.8, 4) is 11.5 Å². The first-order chi connectivity index (χ1) is 13.2. The molecule has 0 radical (unpaired) electrons. The highest BCUT2D eigenvalue weighted by molar-refractivity contribution is 5.95. The average molecular weight is 365 g/mol. The van der Waals surface area contributed by atoms with Crippen LogP contribution in [0.1, 0.15) is 23.7 Å². The first-order valence-electron chi connectivity index (χ1n) is 8.81. The summed E-state index contributed by atoms with van der Waals surface area (Å²) < 4.78 is 12.0. The van der Waals surface area contributed by atoms with Gasteiger partial charge in [0.25, 0.3) is 11.5 Å². The molecule has 138 valence electrons. The van der Waals surface area contributed by atoms with E-state index in [0.29, 0.717) is 35.4 Å². The molecule has 1 atom stereocenters. The molecule has 1 N–H and O–H groups in total. The van der Waals surface area contributed by atoms with Crippen LogP contribution in [0.4, 0.5) is 0 Å². The molecule has 3 aromatic rings. The molecule has 7 nitrogen and oxygen atoms in total. The van der Waals surface area contributed by atoms with E-state index in [0.717, 1.165) is 5.39 Å². The van der Waals surface area contributed by atoms with Crippen LogP contribution >= 0.6 is 0 Å². The van der Waals surface area contributed by atoms with E-state index in [1.807, 2.05) is 25.1 Å². The van der Waals surface area contributed by atoms with Gasteiger partial charge in [-0.15, -0.1) is 0 Å². The molecule has 7 heteroatoms. The molecule has 0 unspecified atom stereocenters. The van der Waals surface area contributed by atoms with E-state index in [9.17, 15) is 9.59 Å². The van der Waals surface area contributed by atoms with E-state index in [2.05, 4.69) is 10.4 Å². The molecule has 1 aliphatic heterocycles. The lowest BCUT2D eigenvalue weighted by Crippen LogP contribution is -2.40. The number of nitrogens with zero attached hydrogens (tertiary/aromatic N) is 2. The quantitative estimate of drug-likeness (QED) is 0.750. The Bertz CT molecular complexity index is 1060. The first kappa shape index (κ1) is 17.1. The SMILES string of the molecule is CC[C@H](Cn1ncc2ccccc2c1=O)NC(=O)c1ccc2c(c1)OCO2. The molecule has 0 bridgehead atoms. The van der Waals surface area contributed by atoms with Gasteiger partial charge in [0.15, 0.2) is 11.5 Å². The van der Waals surface area contributed by atoms with Gasteiger partial charge in [-0.1, -0.05) is 25.1 Å². The second-order valence-electron chi connectivity index (χ2n) is 6.37. The third kappa shape index (κ3) is 3.36. The van der Waals surface area contributed by atoms with Crippen LogP contribution in [-0.2, 0) is 6.54 Å². The predicted octanol–water partition coefficient (Wildman–Crippen LogP) is 2.33. The van der Waals surface area contributed by atoms with Crippen molar-refractivity contribution >= 4 is 16.7 Å². The van der Waals surface area contributed by atoms with Crippen LogP contribution in [0.2, 0.25) is 0 Å². The van der Waals surface area contributed by atoms with E-state index < -0.39 is 0 Å². The van der Waals surface area contributed by atoms with E-state index in [4.69, 9.17) is 9.47 Å². The van der Waals surface area contributed by atoms with Crippen molar-refractivity contribution in [2.75, 3.05) is 6.79 Å². The molecule has 1 aromatic heterocycles. The molecule has 1 amide bonds. The summed E-state index contributed by atoms with van der Waals surface area (Å²) in [7, 11) is 0. The molecule has 2 aromatic carbocycles. The number of ether oxygens (including phenoxy) is 2. The van der Waals surface area contributed by atoms with Gasteiger partial charge in [-0.3, -0.25) is 9.59 Å². The number of hydrogen-bond donors (Lipinski definition) is 1. The van der Waals surface area contributed by atoms with E-state index in [1.165, 1.54) is 4.68 Å². The Balaban J connectivity index is 1.52. The van der Waals surface area contributed by atoms with Gasteiger partial charge < -0.3 is 14.8 Å². The monoisotopic (exact) mass is 365 g/mol. The van der Waals surface area contributed by atoms with Gasteiger partial charge in [-0.05, 0) is 30.7 Å². The number of carbonyl (C=O) groups excluding carboxylic acids is 1. The molecule has 1 aliphatic rings. The molecule has 2 heterocycles. The Morgan fingerprint density at radius 1 is 1.22 bits per heavy atom. The van der Waals surface area contributed by atoms with Gasteiger partial charge in [0.05, 0.1) is 18.1 Å². The minimum atomic E-state index is -0.228. The maximum atomic E-state index is 12.6. The fourth-order valence-electron chi connectivity index (χ4n) is 3.05. The van der Waals surface area contributed by atoms with Gasteiger partial charge in [-0.25, -0.2) is 4.68 Å². The van der Waals surface area contributed by atoms with Crippen molar-refractivity contribution in [3.05, 3.63) is 64.6 Å². The van der Waals surface area contributed by atoms with E-state index >= 15 is 0 Å². The van der Waals surface area contributed by atoms with Gasteiger partial charge in [0, 0.05) is 17.0 Å². The van der Waals surface area contributed by atoms with Crippen LogP contribution in [0.15, 0.2) is 53.5 Å². The van der Waals surface area contributed by atoms with E-state index in [1.54, 1.807) is 30.5 Å². The number of hydrogen-bond acceptors (Lipinski definition) is 5. The highest BCUT2D eigenvalue weighted by Gasteiger charge is 2.19. The zero-order valence-corrected chi connectivity index (χ0v) is 14.8. The standard InChI is InChI=1S/C20H19N3O4/c1-2-15(11-23-20(25)16-6-4-3-5-14(16)10-21-23)22-19(24)13-7-8-17-18(9-13)27-12-26-17/h3-10,15H,2,11-12H2,1H3,(H,22,24)/t15-/m1/s1. The predicted molar refractivity (Wildman–Crippen MR) is 100 cm³/mol. The number of rotatable bonds is 5. The van der Waals surface area contributed by atoms with Gasteiger partial charge >= 0.3 is 0 Å². The smallest absolute Gasteiger partial charge is 0.274 e. The second-order valence-corrected chi connectivity index (χ2v) is 6.37. The van der Waals surface area contributed by atoms with Crippen molar-refractivity contribution in [3.63, 3.8) is 0 Å². The zero-order chi connectivity index (χ0) is 18.8. The van der Waals surface area contributed by atoms with Crippen LogP contribution in [0, 0.1) is 0 Å². The summed E-state index contributed by atoms with van der Waals surface area (Å²) in [5.74, 6) is 0.961. The molecule has 0 saturated heterocycles. The minimum Gasteiger partial charge on any atom is -0.454 e. The Labute approximate surface area is 155 Å². The highest BCUT2D eigenvalue weighted by Crippen LogP contribution is 2.32. The Hall–Kier alpha value is -3.35. The van der Waals surface area contributed by atoms with Crippen molar-refractivity contribution in [1.82, 2.24) is 15.1 Å². The number of carbonyl (C=O) groups is 1. The Kier molecular flexibility index (Phi) is 4.50. The first-order valence-corrected chi connectivity index (χ1v) is 8.81. The zero-order valence-electron chi connectivity index (χ0n) is 14.8. The molecular weight excluding hydrogens is 346 g/mol. The molecule has 0 spiro atoms. The normalized spacial score (nSPS) is 13.5. The van der Waals surface area contributed by atoms with Gasteiger partial charge in [-0.2, -0.15) is 5.10 Å². The van der Waals surface area contributed by atoms with Crippen molar-refractivity contribution in [2.24, 2.45) is 0 Å². The fourth-order valence-corrected chi connectivity index (χ4v) is 3.05. The molecule has 0 aliphatic carbocycles. The molecule has 0 fully saturated rings. The number of benzene rings is 2. The number of fused-ring (bicyclic) bond motifs is 2. The third-order valence-electron chi connectivity index (χ3n) is 4.62. The molecule has 4 rings (SSSR count). The summed E-state index contributed by atoms with van der Waals surface area (Å²) in [5.41, 5.74) is 0.320. The number of amides is 1. The summed E-state index contributed by atoms with van der Waals surface area (Å²) in [6.07, 6.45) is 2.33. The van der Waals surface area contributed by atoms with Crippen molar-refractivity contribution < 1.29 is 14.3 Å². The summed E-state index contributed by atoms with van der Waals surface area (Å²) >= 11 is 0. The maximum Gasteiger partial charge on any atom is 0.274 e. The lowest BCUT2D eigenvalue weighted by Gasteiger charge is -2.18. The fraction of sp³-hybridized carbons (Fsp3) is 0.250. The number of nitrogens with one attached hydrogen (secondary N) is 1. The minimum absolute atomic E-state index is 0.161. The van der Waals surface area contributed by atoms with Crippen LogP contribution in [0.25, 0.3) is 10.8 Å². The number of aromatic nitrogens is 2. The summed E-state index contributed by atoms with van der Waals surface area (Å²) in [5, 5.41) is 8.62. The van der Waals surface area contributed by atoms with Crippen molar-refractivity contribution in [1.29, 1.82) is 0 Å². The summed E-state index contributed by atoms with van der Waals surface area (Å²) in [6.45, 7) is 2.42. The topological polar surface area (TPSA) is 82.5 Å². The van der Waals surface area contributed by atoms with Crippen LogP contribution < -0.4 is 20.3 Å². The molecule has 27 heavy (non-hydrogen) atoms. The summed E-state index contributed by atoms with van der Waals surface area (Å²) in [4.78, 5) is 25.2. The highest BCUT2D eigenvalue weighted by atomic mass is 16.7. The van der Waals surface area contributed by atoms with Crippen LogP contribution in [-0.4, -0.2) is 28.5 Å². The average Bonchev–Trinajstić information content (AvgIpc) is 3.17. The van der Waals surface area contributed by atoms with Gasteiger partial charge in [0.2, 0.25) is 6.79 Å². The van der Waals surface area contributed by atoms with E-state index in [-0.39, 0.29) is 24.3 Å². The Morgan fingerprint density at radius 3 is 2.89 bits per heavy atom. The summed E-state index contributed by atoms with van der Waals surface area (Å²) in [6, 6.07) is 12.2. The third-order valence-corrected chi connectivity index (χ3v) is 4.62. The lowest BCUT2D eigenvalue weighted by atomic mass is 10.1. The molecular formula is C20H19N3O4. The molecule has 0 saturated carbocycles.